The summed E-state index contributed by atoms with van der Waals surface area (Å²) in [6.45, 7) is 0. The van der Waals surface area contributed by atoms with Gasteiger partial charge >= 0.3 is 0 Å². The topological polar surface area (TPSA) is 110 Å². The van der Waals surface area contributed by atoms with Gasteiger partial charge in [0.2, 0.25) is 22.1 Å². The van der Waals surface area contributed by atoms with E-state index >= 15 is 0 Å². The van der Waals surface area contributed by atoms with E-state index in [0.29, 0.717) is 21.4 Å². The molecule has 1 aliphatic rings. The molecule has 1 aliphatic carbocycles. The fraction of sp³-hybridized carbons (Fsp3) is 0.308. The summed E-state index contributed by atoms with van der Waals surface area (Å²) in [5.41, 5.74) is 0.648. The number of nitrogens with one attached hydrogen (secondary N) is 2. The van der Waals surface area contributed by atoms with Gasteiger partial charge in [0.25, 0.3) is 0 Å². The lowest BCUT2D eigenvalue weighted by Gasteiger charge is -2.25. The molecular formula is C26H24F2N6O2S2. The van der Waals surface area contributed by atoms with Crippen LogP contribution < -0.4 is 10.6 Å². The third-order valence-electron chi connectivity index (χ3n) is 6.36. The number of hydrogen-bond acceptors (Lipinski definition) is 8. The molecule has 2 N–H and O–H groups in total. The third kappa shape index (κ3) is 6.43. The van der Waals surface area contributed by atoms with Crippen molar-refractivity contribution in [3.63, 3.8) is 0 Å². The third-order valence-corrected chi connectivity index (χ3v) is 8.37. The van der Waals surface area contributed by atoms with E-state index < -0.39 is 11.6 Å². The zero-order valence-electron chi connectivity index (χ0n) is 20.2. The first kappa shape index (κ1) is 26.0. The quantitative estimate of drug-likeness (QED) is 0.299. The Hall–Kier alpha value is -3.64. The molecule has 0 aliphatic heterocycles. The van der Waals surface area contributed by atoms with Gasteiger partial charge in [0.1, 0.15) is 21.6 Å². The van der Waals surface area contributed by atoms with Crippen LogP contribution in [-0.4, -0.2) is 32.2 Å². The maximum Gasteiger partial charge on any atom is 0.230 e. The van der Waals surface area contributed by atoms with Crippen LogP contribution in [0.4, 0.5) is 19.0 Å². The molecule has 2 amide bonds. The van der Waals surface area contributed by atoms with Gasteiger partial charge in [-0.1, -0.05) is 65.5 Å². The van der Waals surface area contributed by atoms with Gasteiger partial charge in [-0.3, -0.25) is 9.59 Å². The van der Waals surface area contributed by atoms with Crippen LogP contribution in [0, 0.1) is 11.6 Å². The summed E-state index contributed by atoms with van der Waals surface area (Å²) < 4.78 is 27.7. The van der Waals surface area contributed by atoms with Gasteiger partial charge in [-0.05, 0) is 42.5 Å². The van der Waals surface area contributed by atoms with Gasteiger partial charge in [0.05, 0.1) is 12.8 Å². The fourth-order valence-electron chi connectivity index (χ4n) is 4.49. The molecule has 8 nitrogen and oxygen atoms in total. The molecule has 1 saturated carbocycles. The Bertz CT molecular complexity index is 1340. The van der Waals surface area contributed by atoms with Gasteiger partial charge in [-0.2, -0.15) is 0 Å². The van der Waals surface area contributed by atoms with Crippen LogP contribution in [0.2, 0.25) is 0 Å². The fourth-order valence-corrected chi connectivity index (χ4v) is 6.31. The van der Waals surface area contributed by atoms with Crippen molar-refractivity contribution in [3.8, 4) is 0 Å². The number of carbonyl (C=O) groups excluding carboxylic acids is 2. The zero-order valence-corrected chi connectivity index (χ0v) is 21.8. The number of carbonyl (C=O) groups is 2. The lowest BCUT2D eigenvalue weighted by molar-refractivity contribution is -0.116. The number of rotatable bonds is 8. The van der Waals surface area contributed by atoms with Crippen LogP contribution in [0.3, 0.4) is 0 Å². The normalized spacial score (nSPS) is 17.2. The summed E-state index contributed by atoms with van der Waals surface area (Å²) in [5, 5.41) is 24.7. The van der Waals surface area contributed by atoms with Crippen molar-refractivity contribution in [2.45, 2.75) is 50.4 Å². The Balaban J connectivity index is 1.16. The first-order valence-corrected chi connectivity index (χ1v) is 13.8. The zero-order chi connectivity index (χ0) is 26.5. The Morgan fingerprint density at radius 3 is 1.63 bits per heavy atom. The molecule has 0 unspecified atom stereocenters. The molecule has 2 heterocycles. The second-order valence-corrected chi connectivity index (χ2v) is 11.1. The molecule has 0 radical (unpaired) electrons. The maximum absolute atomic E-state index is 13.8. The van der Waals surface area contributed by atoms with Crippen molar-refractivity contribution in [2.24, 2.45) is 0 Å². The van der Waals surface area contributed by atoms with Crippen molar-refractivity contribution in [1.29, 1.82) is 0 Å². The predicted molar refractivity (Wildman–Crippen MR) is 141 cm³/mol. The minimum Gasteiger partial charge on any atom is -0.300 e. The Morgan fingerprint density at radius 1 is 0.737 bits per heavy atom. The second-order valence-electron chi connectivity index (χ2n) is 9.08. The molecular weight excluding hydrogens is 530 g/mol. The molecule has 0 bridgehead atoms. The molecule has 196 valence electrons. The molecule has 2 aromatic carbocycles. The van der Waals surface area contributed by atoms with Crippen LogP contribution >= 0.6 is 22.7 Å². The van der Waals surface area contributed by atoms with Gasteiger partial charge < -0.3 is 10.6 Å². The van der Waals surface area contributed by atoms with Crippen molar-refractivity contribution in [2.75, 3.05) is 10.6 Å². The highest BCUT2D eigenvalue weighted by Gasteiger charge is 2.29. The molecule has 0 spiro atoms. The average Bonchev–Trinajstić information content (AvgIpc) is 3.57. The average molecular weight is 555 g/mol. The van der Waals surface area contributed by atoms with E-state index in [1.54, 1.807) is 36.4 Å². The smallest absolute Gasteiger partial charge is 0.230 e. The van der Waals surface area contributed by atoms with Crippen molar-refractivity contribution in [3.05, 3.63) is 81.3 Å². The van der Waals surface area contributed by atoms with Crippen molar-refractivity contribution in [1.82, 2.24) is 20.4 Å². The largest absolute Gasteiger partial charge is 0.300 e. The molecule has 0 saturated heterocycles. The maximum atomic E-state index is 13.8. The van der Waals surface area contributed by atoms with Gasteiger partial charge in [0.15, 0.2) is 0 Å². The highest BCUT2D eigenvalue weighted by molar-refractivity contribution is 7.15. The molecule has 38 heavy (non-hydrogen) atoms. The molecule has 4 aromatic rings. The number of amides is 2. The Labute approximate surface area is 225 Å². The van der Waals surface area contributed by atoms with E-state index in [4.69, 9.17) is 0 Å². The predicted octanol–water partition coefficient (Wildman–Crippen LogP) is 5.47. The van der Waals surface area contributed by atoms with E-state index in [2.05, 4.69) is 31.0 Å². The molecule has 2 atom stereocenters. The number of benzene rings is 2. The summed E-state index contributed by atoms with van der Waals surface area (Å²) in [7, 11) is 0. The van der Waals surface area contributed by atoms with Crippen molar-refractivity contribution >= 4 is 44.8 Å². The summed E-state index contributed by atoms with van der Waals surface area (Å²) in [5.74, 6) is -1.22. The SMILES string of the molecule is O=C(Cc1ccccc1F)Nc1nnc([C@H]2CCC[C@H](c3nnc(NC(=O)Cc4ccccc4F)s3)C2)s1. The Morgan fingerprint density at radius 2 is 1.18 bits per heavy atom. The number of anilines is 2. The van der Waals surface area contributed by atoms with Gasteiger partial charge in [-0.25, -0.2) is 8.78 Å². The van der Waals surface area contributed by atoms with Crippen LogP contribution in [0.1, 0.15) is 58.7 Å². The highest BCUT2D eigenvalue weighted by Crippen LogP contribution is 2.43. The Kier molecular flexibility index (Phi) is 8.08. The summed E-state index contributed by atoms with van der Waals surface area (Å²) in [6.07, 6.45) is 3.50. The van der Waals surface area contributed by atoms with Crippen LogP contribution in [0.15, 0.2) is 48.5 Å². The first-order valence-electron chi connectivity index (χ1n) is 12.2. The minimum atomic E-state index is -0.418. The van der Waals surface area contributed by atoms with E-state index in [1.807, 2.05) is 0 Å². The van der Waals surface area contributed by atoms with Crippen LogP contribution in [0.25, 0.3) is 0 Å². The van der Waals surface area contributed by atoms with Gasteiger partial charge in [0, 0.05) is 11.8 Å². The van der Waals surface area contributed by atoms with E-state index in [9.17, 15) is 18.4 Å². The van der Waals surface area contributed by atoms with Crippen molar-refractivity contribution < 1.29 is 18.4 Å². The number of halogens is 2. The van der Waals surface area contributed by atoms with Crippen LogP contribution in [-0.2, 0) is 22.4 Å². The standard InChI is InChI=1S/C26H24F2N6O2S2/c27-19-10-3-1-6-15(19)13-21(35)29-25-33-31-23(37-25)17-8-5-9-18(12-17)24-32-34-26(38-24)30-22(36)14-16-7-2-4-11-20(16)28/h1-4,6-7,10-11,17-18H,5,8-9,12-14H2,(H,29,33,35)(H,30,34,36)/t17-,18-/m0/s1. The highest BCUT2D eigenvalue weighted by atomic mass is 32.1. The molecule has 5 rings (SSSR count). The van der Waals surface area contributed by atoms with E-state index in [-0.39, 0.29) is 36.5 Å². The summed E-state index contributed by atoms with van der Waals surface area (Å²) in [4.78, 5) is 24.7. The lowest BCUT2D eigenvalue weighted by atomic mass is 9.82. The lowest BCUT2D eigenvalue weighted by Crippen LogP contribution is -2.15. The first-order chi connectivity index (χ1) is 18.4. The summed E-state index contributed by atoms with van der Waals surface area (Å²) in [6, 6.07) is 12.4. The molecule has 2 aromatic heterocycles. The van der Waals surface area contributed by atoms with Gasteiger partial charge in [-0.15, -0.1) is 20.4 Å². The number of aromatic nitrogens is 4. The minimum absolute atomic E-state index is 0.0801. The second kappa shape index (κ2) is 11.8. The van der Waals surface area contributed by atoms with E-state index in [0.717, 1.165) is 35.7 Å². The molecule has 12 heteroatoms. The number of hydrogen-bond donors (Lipinski definition) is 2. The number of nitrogens with zero attached hydrogens (tertiary/aromatic N) is 4. The summed E-state index contributed by atoms with van der Waals surface area (Å²) >= 11 is 2.65. The van der Waals surface area contributed by atoms with Crippen LogP contribution in [0.5, 0.6) is 0 Å². The monoisotopic (exact) mass is 554 g/mol. The molecule has 1 fully saturated rings. The van der Waals surface area contributed by atoms with E-state index in [1.165, 1.54) is 34.8 Å².